The molecule has 0 aromatic carbocycles. The zero-order chi connectivity index (χ0) is 41.5. The van der Waals surface area contributed by atoms with E-state index in [2.05, 4.69) is 45.1 Å². The van der Waals surface area contributed by atoms with Crippen LogP contribution >= 0.6 is 0 Å². The summed E-state index contributed by atoms with van der Waals surface area (Å²) in [7, 11) is 0. The number of ether oxygens (including phenoxy) is 3. The Morgan fingerprint density at radius 3 is 1.21 bits per heavy atom. The molecule has 0 amide bonds. The Morgan fingerprint density at radius 2 is 0.719 bits per heavy atom. The normalized spacial score (nSPS) is 12.8. The number of allylic oxidation sites excluding steroid dienone is 14. The fourth-order valence-electron chi connectivity index (χ4n) is 6.06. The van der Waals surface area contributed by atoms with Crippen LogP contribution in [0.2, 0.25) is 0 Å². The summed E-state index contributed by atoms with van der Waals surface area (Å²) in [6.45, 7) is 6.37. The fourth-order valence-corrected chi connectivity index (χ4v) is 6.06. The fraction of sp³-hybridized carbons (Fsp3) is 0.667. The third-order valence-electron chi connectivity index (χ3n) is 9.55. The molecule has 6 heteroatoms. The van der Waals surface area contributed by atoms with Crippen LogP contribution in [0.4, 0.5) is 0 Å². The Balaban J connectivity index is 4.48. The van der Waals surface area contributed by atoms with Gasteiger partial charge in [0, 0.05) is 19.3 Å². The summed E-state index contributed by atoms with van der Waals surface area (Å²) < 4.78 is 16.6. The smallest absolute Gasteiger partial charge is 0.306 e. The van der Waals surface area contributed by atoms with Crippen molar-refractivity contribution in [3.63, 3.8) is 0 Å². The zero-order valence-corrected chi connectivity index (χ0v) is 36.8. The van der Waals surface area contributed by atoms with Gasteiger partial charge in [-0.1, -0.05) is 209 Å². The molecular weight excluding hydrogens is 709 g/mol. The maximum absolute atomic E-state index is 12.7. The number of unbranched alkanes of at least 4 members (excludes halogenated alkanes) is 20. The highest BCUT2D eigenvalue weighted by Gasteiger charge is 2.19. The van der Waals surface area contributed by atoms with Crippen molar-refractivity contribution in [2.75, 3.05) is 13.2 Å². The minimum absolute atomic E-state index is 0.106. The number of hydrogen-bond donors (Lipinski definition) is 0. The van der Waals surface area contributed by atoms with Crippen LogP contribution in [0.3, 0.4) is 0 Å². The molecule has 324 valence electrons. The number of carbonyl (C=O) groups is 3. The van der Waals surface area contributed by atoms with Gasteiger partial charge in [-0.3, -0.25) is 14.4 Å². The van der Waals surface area contributed by atoms with Crippen molar-refractivity contribution in [2.45, 2.75) is 207 Å². The second kappa shape index (κ2) is 45.3. The van der Waals surface area contributed by atoms with Crippen LogP contribution < -0.4 is 0 Å². The third-order valence-corrected chi connectivity index (χ3v) is 9.55. The lowest BCUT2D eigenvalue weighted by Gasteiger charge is -2.18. The summed E-state index contributed by atoms with van der Waals surface area (Å²) in [4.78, 5) is 37.7. The van der Waals surface area contributed by atoms with Crippen molar-refractivity contribution in [3.05, 3.63) is 85.1 Å². The molecule has 0 saturated carbocycles. The number of hydrogen-bond acceptors (Lipinski definition) is 6. The van der Waals surface area contributed by atoms with Crippen LogP contribution in [-0.4, -0.2) is 37.2 Å². The minimum atomic E-state index is -0.802. The predicted octanol–water partition coefficient (Wildman–Crippen LogP) is 14.9. The van der Waals surface area contributed by atoms with E-state index in [9.17, 15) is 14.4 Å². The highest BCUT2D eigenvalue weighted by molar-refractivity contribution is 5.71. The maximum Gasteiger partial charge on any atom is 0.306 e. The molecule has 0 aliphatic heterocycles. The molecule has 1 unspecified atom stereocenters. The van der Waals surface area contributed by atoms with E-state index in [1.54, 1.807) is 0 Å². The molecule has 0 aliphatic carbocycles. The first kappa shape index (κ1) is 53.6. The van der Waals surface area contributed by atoms with E-state index in [1.807, 2.05) is 60.8 Å². The van der Waals surface area contributed by atoms with Crippen molar-refractivity contribution in [3.8, 4) is 0 Å². The van der Waals surface area contributed by atoms with Gasteiger partial charge >= 0.3 is 17.9 Å². The maximum atomic E-state index is 12.7. The molecule has 0 saturated heterocycles. The molecule has 6 nitrogen and oxygen atoms in total. The van der Waals surface area contributed by atoms with Crippen molar-refractivity contribution in [1.82, 2.24) is 0 Å². The van der Waals surface area contributed by atoms with Crippen molar-refractivity contribution >= 4 is 17.9 Å². The van der Waals surface area contributed by atoms with Crippen LogP contribution in [0.15, 0.2) is 85.1 Å². The van der Waals surface area contributed by atoms with Crippen molar-refractivity contribution < 1.29 is 28.6 Å². The van der Waals surface area contributed by atoms with E-state index in [4.69, 9.17) is 14.2 Å². The molecule has 0 rings (SSSR count). The molecule has 0 fully saturated rings. The molecule has 0 aromatic heterocycles. The Labute approximate surface area is 350 Å². The summed E-state index contributed by atoms with van der Waals surface area (Å²) in [5, 5.41) is 0. The van der Waals surface area contributed by atoms with Gasteiger partial charge < -0.3 is 14.2 Å². The first-order valence-corrected chi connectivity index (χ1v) is 23.2. The van der Waals surface area contributed by atoms with Gasteiger partial charge in [-0.25, -0.2) is 0 Å². The zero-order valence-electron chi connectivity index (χ0n) is 36.8. The van der Waals surface area contributed by atoms with Gasteiger partial charge in [-0.2, -0.15) is 0 Å². The average Bonchev–Trinajstić information content (AvgIpc) is 3.21. The summed E-state index contributed by atoms with van der Waals surface area (Å²) in [6.07, 6.45) is 57.1. The first-order chi connectivity index (χ1) is 28.0. The molecule has 0 bridgehead atoms. The summed E-state index contributed by atoms with van der Waals surface area (Å²) in [5.41, 5.74) is 0. The van der Waals surface area contributed by atoms with Gasteiger partial charge in [0.1, 0.15) is 13.2 Å². The Hall–Kier alpha value is -3.41. The van der Waals surface area contributed by atoms with E-state index in [0.29, 0.717) is 25.7 Å². The second-order valence-corrected chi connectivity index (χ2v) is 15.1. The van der Waals surface area contributed by atoms with Crippen molar-refractivity contribution in [2.24, 2.45) is 0 Å². The van der Waals surface area contributed by atoms with E-state index in [1.165, 1.54) is 89.9 Å². The average molecular weight is 793 g/mol. The molecule has 0 aliphatic rings. The first-order valence-electron chi connectivity index (χ1n) is 23.2. The van der Waals surface area contributed by atoms with Gasteiger partial charge in [-0.15, -0.1) is 0 Å². The largest absolute Gasteiger partial charge is 0.462 e. The lowest BCUT2D eigenvalue weighted by atomic mass is 10.0. The Morgan fingerprint density at radius 1 is 0.368 bits per heavy atom. The number of esters is 3. The number of carbonyl (C=O) groups excluding carboxylic acids is 3. The highest BCUT2D eigenvalue weighted by atomic mass is 16.6. The molecule has 0 N–H and O–H groups in total. The molecule has 0 heterocycles. The summed E-state index contributed by atoms with van der Waals surface area (Å²) in [5.74, 6) is -0.987. The Kier molecular flexibility index (Phi) is 42.6. The summed E-state index contributed by atoms with van der Waals surface area (Å²) in [6, 6.07) is 0. The molecule has 57 heavy (non-hydrogen) atoms. The van der Waals surface area contributed by atoms with Gasteiger partial charge in [0.25, 0.3) is 0 Å². The monoisotopic (exact) mass is 793 g/mol. The summed E-state index contributed by atoms with van der Waals surface area (Å²) >= 11 is 0. The van der Waals surface area contributed by atoms with Crippen LogP contribution in [0.1, 0.15) is 201 Å². The third kappa shape index (κ3) is 43.6. The topological polar surface area (TPSA) is 78.9 Å². The lowest BCUT2D eigenvalue weighted by Crippen LogP contribution is -2.30. The van der Waals surface area contributed by atoms with Gasteiger partial charge in [0.05, 0.1) is 0 Å². The van der Waals surface area contributed by atoms with E-state index < -0.39 is 6.10 Å². The highest BCUT2D eigenvalue weighted by Crippen LogP contribution is 2.14. The molecule has 0 radical (unpaired) electrons. The van der Waals surface area contributed by atoms with Gasteiger partial charge in [0.15, 0.2) is 6.10 Å². The van der Waals surface area contributed by atoms with E-state index in [0.717, 1.165) is 64.2 Å². The molecule has 0 spiro atoms. The van der Waals surface area contributed by atoms with Crippen LogP contribution in [0.5, 0.6) is 0 Å². The number of rotatable bonds is 40. The van der Waals surface area contributed by atoms with Crippen LogP contribution in [-0.2, 0) is 28.6 Å². The minimum Gasteiger partial charge on any atom is -0.462 e. The molecule has 0 aromatic rings. The lowest BCUT2D eigenvalue weighted by molar-refractivity contribution is -0.167. The van der Waals surface area contributed by atoms with Gasteiger partial charge in [0.2, 0.25) is 0 Å². The SMILES string of the molecule is CC\C=C/C=C\C=C/C=C\C=C\C=C/CCCCCC(=O)OCC(COC(=O)CCC/C=C\CCCCCC)OC(=O)CCCCCCCCCCCCCCC. The van der Waals surface area contributed by atoms with Crippen molar-refractivity contribution in [1.29, 1.82) is 0 Å². The van der Waals surface area contributed by atoms with Crippen LogP contribution in [0, 0.1) is 0 Å². The van der Waals surface area contributed by atoms with E-state index >= 15 is 0 Å². The Bertz CT molecular complexity index is 1140. The quantitative estimate of drug-likeness (QED) is 0.0202. The molecular formula is C51H84O6. The second-order valence-electron chi connectivity index (χ2n) is 15.1. The standard InChI is InChI=1S/C51H84O6/c1-4-7-10-13-16-19-21-23-24-25-26-28-29-32-35-38-41-44-50(53)56-47-48(46-55-49(52)43-40-37-34-31-18-15-12-9-6-3)57-51(54)45-42-39-36-33-30-27-22-20-17-14-11-8-5-2/h7,10,13,16,19,21,23-26,28-29,31,34,48H,4-6,8-9,11-12,14-15,17-18,20,22,27,30,32-33,35-47H2,1-3H3/b10-7-,16-13-,21-19-,24-23-,26-25+,29-28-,34-31-. The molecule has 1 atom stereocenters. The van der Waals surface area contributed by atoms with Gasteiger partial charge in [-0.05, 0) is 57.8 Å². The van der Waals surface area contributed by atoms with Crippen LogP contribution in [0.25, 0.3) is 0 Å². The van der Waals surface area contributed by atoms with E-state index in [-0.39, 0.29) is 31.1 Å². The predicted molar refractivity (Wildman–Crippen MR) is 242 cm³/mol.